The monoisotopic (exact) mass is 440 g/mol. The number of hydrogen-bond donors (Lipinski definition) is 0. The van der Waals surface area contributed by atoms with Gasteiger partial charge in [0.2, 0.25) is 0 Å². The lowest BCUT2D eigenvalue weighted by molar-refractivity contribution is -0.158. The van der Waals surface area contributed by atoms with Crippen molar-refractivity contribution in [2.45, 2.75) is 109 Å². The molecule has 1 aromatic rings. The Labute approximate surface area is 183 Å². The van der Waals surface area contributed by atoms with E-state index in [4.69, 9.17) is 8.92 Å². The molecule has 0 aliphatic carbocycles. The summed E-state index contributed by atoms with van der Waals surface area (Å²) in [4.78, 5) is 12.2. The summed E-state index contributed by atoms with van der Waals surface area (Å²) in [7, 11) is -4.08. The number of unbranched alkanes of at least 4 members (excludes halogenated alkanes) is 9. The Bertz CT molecular complexity index is 725. The van der Waals surface area contributed by atoms with Gasteiger partial charge in [0, 0.05) is 0 Å². The molecule has 0 aromatic heterocycles. The Kier molecular flexibility index (Phi) is 12.3. The number of benzene rings is 1. The zero-order valence-corrected chi connectivity index (χ0v) is 20.1. The second-order valence-corrected chi connectivity index (χ2v) is 9.82. The Morgan fingerprint density at radius 3 is 1.97 bits per heavy atom. The summed E-state index contributed by atoms with van der Waals surface area (Å²) in [6, 6.07) is 6.88. The molecule has 0 saturated carbocycles. The first kappa shape index (κ1) is 26.6. The third-order valence-corrected chi connectivity index (χ3v) is 6.70. The van der Waals surface area contributed by atoms with E-state index in [9.17, 15) is 13.2 Å². The quantitative estimate of drug-likeness (QED) is 0.174. The first-order valence-corrected chi connectivity index (χ1v) is 12.9. The summed E-state index contributed by atoms with van der Waals surface area (Å²) in [6.07, 6.45) is 13.0. The number of carbonyl (C=O) groups excluding carboxylic acids is 1. The van der Waals surface area contributed by atoms with E-state index in [-0.39, 0.29) is 11.5 Å². The average molecular weight is 441 g/mol. The lowest BCUT2D eigenvalue weighted by atomic mass is 10.0. The van der Waals surface area contributed by atoms with E-state index in [1.54, 1.807) is 19.1 Å². The smallest absolute Gasteiger partial charge is 0.339 e. The minimum absolute atomic E-state index is 0.137. The Balaban J connectivity index is 2.54. The molecule has 1 rings (SSSR count). The van der Waals surface area contributed by atoms with Gasteiger partial charge in [-0.1, -0.05) is 82.9 Å². The van der Waals surface area contributed by atoms with Crippen LogP contribution >= 0.6 is 0 Å². The first-order valence-electron chi connectivity index (χ1n) is 11.5. The number of rotatable bonds is 16. The van der Waals surface area contributed by atoms with Gasteiger partial charge in [0.15, 0.2) is 5.60 Å². The molecule has 0 N–H and O–H groups in total. The molecule has 6 heteroatoms. The third kappa shape index (κ3) is 9.61. The van der Waals surface area contributed by atoms with Gasteiger partial charge in [-0.2, -0.15) is 8.42 Å². The van der Waals surface area contributed by atoms with Gasteiger partial charge in [0.1, 0.15) is 0 Å². The van der Waals surface area contributed by atoms with Gasteiger partial charge >= 0.3 is 5.97 Å². The van der Waals surface area contributed by atoms with Crippen molar-refractivity contribution in [1.29, 1.82) is 0 Å². The van der Waals surface area contributed by atoms with Gasteiger partial charge in [-0.25, -0.2) is 8.98 Å². The maximum atomic E-state index is 12.8. The van der Waals surface area contributed by atoms with E-state index in [0.29, 0.717) is 6.42 Å². The minimum Gasteiger partial charge on any atom is -0.464 e. The van der Waals surface area contributed by atoms with E-state index in [2.05, 4.69) is 6.92 Å². The van der Waals surface area contributed by atoms with Crippen LogP contribution in [0.25, 0.3) is 0 Å². The van der Waals surface area contributed by atoms with Crippen LogP contribution in [-0.4, -0.2) is 26.6 Å². The molecule has 0 saturated heterocycles. The van der Waals surface area contributed by atoms with Gasteiger partial charge in [-0.15, -0.1) is 0 Å². The predicted octanol–water partition coefficient (Wildman–Crippen LogP) is 6.20. The summed E-state index contributed by atoms with van der Waals surface area (Å²) in [5.41, 5.74) is -0.837. The van der Waals surface area contributed by atoms with Crippen LogP contribution in [-0.2, 0) is 30.3 Å². The Hall–Kier alpha value is -1.40. The van der Waals surface area contributed by atoms with E-state index in [1.807, 2.05) is 12.1 Å². The largest absolute Gasteiger partial charge is 0.464 e. The predicted molar refractivity (Wildman–Crippen MR) is 121 cm³/mol. The number of ether oxygens (including phenoxy) is 1. The third-order valence-electron chi connectivity index (χ3n) is 5.13. The van der Waals surface area contributed by atoms with Crippen molar-refractivity contribution in [1.82, 2.24) is 0 Å². The van der Waals surface area contributed by atoms with Crippen LogP contribution in [0.5, 0.6) is 0 Å². The van der Waals surface area contributed by atoms with Crippen LogP contribution in [0.1, 0.15) is 97.5 Å². The van der Waals surface area contributed by atoms with Crippen molar-refractivity contribution in [2.24, 2.45) is 0 Å². The molecule has 0 amide bonds. The lowest BCUT2D eigenvalue weighted by Gasteiger charge is -2.23. The van der Waals surface area contributed by atoms with E-state index >= 15 is 0 Å². The number of carbonyl (C=O) groups is 1. The van der Waals surface area contributed by atoms with Crippen molar-refractivity contribution >= 4 is 16.1 Å². The normalized spacial score (nSPS) is 12.1. The average Bonchev–Trinajstić information content (AvgIpc) is 2.69. The maximum Gasteiger partial charge on any atom is 0.339 e. The molecule has 0 aliphatic heterocycles. The highest BCUT2D eigenvalue weighted by Crippen LogP contribution is 2.25. The SMILES string of the molecule is CCCCCCCCCCCCc1ccccc1S(=O)(=O)OC(C)(C)C(=O)OCC. The standard InChI is InChI=1S/C24H40O5S/c1-5-7-8-9-10-11-12-13-14-15-18-21-19-16-17-20-22(21)30(26,27)29-24(3,4)23(25)28-6-2/h16-17,19-20H,5-15,18H2,1-4H3. The fraction of sp³-hybridized carbons (Fsp3) is 0.708. The van der Waals surface area contributed by atoms with Crippen molar-refractivity contribution in [3.8, 4) is 0 Å². The molecule has 0 radical (unpaired) electrons. The van der Waals surface area contributed by atoms with Crippen LogP contribution in [0, 0.1) is 0 Å². The van der Waals surface area contributed by atoms with Gasteiger partial charge in [0.05, 0.1) is 11.5 Å². The Morgan fingerprint density at radius 1 is 0.867 bits per heavy atom. The molecule has 0 spiro atoms. The zero-order chi connectivity index (χ0) is 22.5. The summed E-state index contributed by atoms with van der Waals surface area (Å²) < 4.78 is 35.9. The van der Waals surface area contributed by atoms with Gasteiger partial charge in [-0.3, -0.25) is 0 Å². The molecule has 0 atom stereocenters. The van der Waals surface area contributed by atoms with Crippen LogP contribution in [0.4, 0.5) is 0 Å². The molecular weight excluding hydrogens is 400 g/mol. The van der Waals surface area contributed by atoms with E-state index < -0.39 is 21.7 Å². The second-order valence-electron chi connectivity index (χ2n) is 8.31. The number of hydrogen-bond acceptors (Lipinski definition) is 5. The van der Waals surface area contributed by atoms with Crippen LogP contribution in [0.3, 0.4) is 0 Å². The van der Waals surface area contributed by atoms with Crippen molar-refractivity contribution < 1.29 is 22.1 Å². The Morgan fingerprint density at radius 2 is 1.40 bits per heavy atom. The molecular formula is C24H40O5S. The van der Waals surface area contributed by atoms with Crippen LogP contribution in [0.15, 0.2) is 29.2 Å². The summed E-state index contributed by atoms with van der Waals surface area (Å²) in [6.45, 7) is 6.89. The molecule has 0 aliphatic rings. The number of esters is 1. The highest BCUT2D eigenvalue weighted by molar-refractivity contribution is 7.86. The maximum absolute atomic E-state index is 12.8. The molecule has 5 nitrogen and oxygen atoms in total. The number of aryl methyl sites for hydroxylation is 1. The summed E-state index contributed by atoms with van der Waals surface area (Å²) in [5, 5.41) is 0. The van der Waals surface area contributed by atoms with E-state index in [0.717, 1.165) is 18.4 Å². The first-order chi connectivity index (χ1) is 14.2. The van der Waals surface area contributed by atoms with Gasteiger partial charge < -0.3 is 4.74 Å². The molecule has 0 unspecified atom stereocenters. The van der Waals surface area contributed by atoms with Crippen LogP contribution < -0.4 is 0 Å². The van der Waals surface area contributed by atoms with Gasteiger partial charge in [0.25, 0.3) is 10.1 Å². The summed E-state index contributed by atoms with van der Waals surface area (Å²) in [5.74, 6) is -0.694. The highest BCUT2D eigenvalue weighted by atomic mass is 32.2. The molecule has 172 valence electrons. The molecule has 0 fully saturated rings. The fourth-order valence-electron chi connectivity index (χ4n) is 3.42. The second kappa shape index (κ2) is 13.8. The summed E-state index contributed by atoms with van der Waals surface area (Å²) >= 11 is 0. The van der Waals surface area contributed by atoms with E-state index in [1.165, 1.54) is 65.2 Å². The topological polar surface area (TPSA) is 69.7 Å². The molecule has 30 heavy (non-hydrogen) atoms. The van der Waals surface area contributed by atoms with Crippen molar-refractivity contribution in [2.75, 3.05) is 6.61 Å². The lowest BCUT2D eigenvalue weighted by Crippen LogP contribution is -2.39. The minimum atomic E-state index is -4.08. The fourth-order valence-corrected chi connectivity index (χ4v) is 4.86. The van der Waals surface area contributed by atoms with Crippen molar-refractivity contribution in [3.05, 3.63) is 29.8 Å². The molecule has 1 aromatic carbocycles. The zero-order valence-electron chi connectivity index (χ0n) is 19.2. The van der Waals surface area contributed by atoms with Crippen LogP contribution in [0.2, 0.25) is 0 Å². The molecule has 0 bridgehead atoms. The van der Waals surface area contributed by atoms with Gasteiger partial charge in [-0.05, 0) is 45.2 Å². The highest BCUT2D eigenvalue weighted by Gasteiger charge is 2.37. The molecule has 0 heterocycles. The van der Waals surface area contributed by atoms with Crippen molar-refractivity contribution in [3.63, 3.8) is 0 Å².